The number of hydrogen-bond donors (Lipinski definition) is 1. The summed E-state index contributed by atoms with van der Waals surface area (Å²) in [5, 5.41) is 3.46. The molecule has 0 radical (unpaired) electrons. The Bertz CT molecular complexity index is 680. The summed E-state index contributed by atoms with van der Waals surface area (Å²) in [6.45, 7) is 2.05. The van der Waals surface area contributed by atoms with Gasteiger partial charge in [-0.05, 0) is 25.1 Å². The van der Waals surface area contributed by atoms with Crippen LogP contribution in [0.3, 0.4) is 0 Å². The maximum Gasteiger partial charge on any atom is 0.260 e. The molecule has 0 saturated heterocycles. The molecule has 2 aliphatic rings. The molecule has 88 valence electrons. The summed E-state index contributed by atoms with van der Waals surface area (Å²) in [4.78, 5) is 14.4. The van der Waals surface area contributed by atoms with Crippen molar-refractivity contribution < 1.29 is 4.79 Å². The third-order valence-corrected chi connectivity index (χ3v) is 3.86. The lowest BCUT2D eigenvalue weighted by atomic mass is 10.0. The molecule has 2 aromatic rings. The molecule has 0 aliphatic carbocycles. The zero-order chi connectivity index (χ0) is 12.3. The fourth-order valence-corrected chi connectivity index (χ4v) is 3.05. The zero-order valence-corrected chi connectivity index (χ0v) is 9.97. The van der Waals surface area contributed by atoms with Crippen molar-refractivity contribution in [2.45, 2.75) is 12.6 Å². The van der Waals surface area contributed by atoms with Crippen LogP contribution in [0.2, 0.25) is 0 Å². The number of amides is 1. The van der Waals surface area contributed by atoms with Crippen LogP contribution in [0.5, 0.6) is 0 Å². The summed E-state index contributed by atoms with van der Waals surface area (Å²) < 4.78 is 0. The van der Waals surface area contributed by atoms with Gasteiger partial charge in [0, 0.05) is 11.1 Å². The van der Waals surface area contributed by atoms with Gasteiger partial charge in [0.15, 0.2) is 0 Å². The van der Waals surface area contributed by atoms with Crippen molar-refractivity contribution in [3.05, 3.63) is 59.7 Å². The lowest BCUT2D eigenvalue weighted by Gasteiger charge is -2.28. The highest BCUT2D eigenvalue weighted by Gasteiger charge is 2.51. The molecule has 0 saturated carbocycles. The minimum Gasteiger partial charge on any atom is -0.357 e. The van der Waals surface area contributed by atoms with E-state index in [2.05, 4.69) is 12.2 Å². The van der Waals surface area contributed by atoms with Crippen molar-refractivity contribution >= 4 is 17.3 Å². The molecule has 3 nitrogen and oxygen atoms in total. The summed E-state index contributed by atoms with van der Waals surface area (Å²) in [7, 11) is 0. The van der Waals surface area contributed by atoms with Gasteiger partial charge in [0.1, 0.15) is 5.66 Å². The van der Waals surface area contributed by atoms with Gasteiger partial charge in [-0.1, -0.05) is 30.3 Å². The molecule has 0 spiro atoms. The lowest BCUT2D eigenvalue weighted by Crippen LogP contribution is -2.42. The van der Waals surface area contributed by atoms with E-state index in [4.69, 9.17) is 0 Å². The molecule has 2 aliphatic heterocycles. The SMILES string of the molecule is CC12Nc3ccccc3N1C(=O)c1ccccc12. The van der Waals surface area contributed by atoms with Gasteiger partial charge in [0.2, 0.25) is 0 Å². The molecule has 1 unspecified atom stereocenters. The van der Waals surface area contributed by atoms with Crippen LogP contribution in [-0.2, 0) is 5.66 Å². The summed E-state index contributed by atoms with van der Waals surface area (Å²) in [5.41, 5.74) is 3.37. The fourth-order valence-electron chi connectivity index (χ4n) is 3.05. The van der Waals surface area contributed by atoms with Crippen LogP contribution in [0.1, 0.15) is 22.8 Å². The van der Waals surface area contributed by atoms with Crippen LogP contribution in [0.4, 0.5) is 11.4 Å². The standard InChI is InChI=1S/C15H12N2O/c1-15-11-7-3-2-6-10(11)14(18)17(15)13-9-5-4-8-12(13)16-15/h2-9,16H,1H3. The Labute approximate surface area is 105 Å². The number of nitrogens with one attached hydrogen (secondary N) is 1. The van der Waals surface area contributed by atoms with E-state index < -0.39 is 5.66 Å². The van der Waals surface area contributed by atoms with Crippen LogP contribution in [0.15, 0.2) is 48.5 Å². The molecule has 1 amide bonds. The normalized spacial score (nSPS) is 23.4. The van der Waals surface area contributed by atoms with Gasteiger partial charge in [-0.25, -0.2) is 0 Å². The molecule has 1 N–H and O–H groups in total. The first-order chi connectivity index (χ1) is 8.72. The number of carbonyl (C=O) groups excluding carboxylic acids is 1. The molecule has 3 heteroatoms. The number of hydrogen-bond acceptors (Lipinski definition) is 2. The van der Waals surface area contributed by atoms with E-state index in [0.29, 0.717) is 0 Å². The van der Waals surface area contributed by atoms with Crippen LogP contribution < -0.4 is 10.2 Å². The monoisotopic (exact) mass is 236 g/mol. The maximum atomic E-state index is 12.5. The highest BCUT2D eigenvalue weighted by molar-refractivity contribution is 6.15. The average Bonchev–Trinajstić information content (AvgIpc) is 2.81. The average molecular weight is 236 g/mol. The van der Waals surface area contributed by atoms with Gasteiger partial charge in [-0.15, -0.1) is 0 Å². The molecule has 0 fully saturated rings. The molecule has 0 bridgehead atoms. The Balaban J connectivity index is 2.01. The van der Waals surface area contributed by atoms with E-state index in [1.165, 1.54) is 0 Å². The number of rotatable bonds is 0. The first kappa shape index (κ1) is 9.71. The Morgan fingerprint density at radius 2 is 1.78 bits per heavy atom. The Morgan fingerprint density at radius 1 is 1.06 bits per heavy atom. The van der Waals surface area contributed by atoms with Crippen LogP contribution in [-0.4, -0.2) is 5.91 Å². The van der Waals surface area contributed by atoms with Gasteiger partial charge in [0.05, 0.1) is 11.4 Å². The molecule has 2 aromatic carbocycles. The zero-order valence-electron chi connectivity index (χ0n) is 9.97. The van der Waals surface area contributed by atoms with E-state index in [0.717, 1.165) is 22.5 Å². The van der Waals surface area contributed by atoms with Crippen molar-refractivity contribution in [1.29, 1.82) is 0 Å². The molecule has 4 rings (SSSR count). The number of fused-ring (bicyclic) bond motifs is 5. The maximum absolute atomic E-state index is 12.5. The number of benzene rings is 2. The molecular formula is C15H12N2O. The third-order valence-electron chi connectivity index (χ3n) is 3.86. The van der Waals surface area contributed by atoms with Crippen LogP contribution >= 0.6 is 0 Å². The second kappa shape index (κ2) is 2.93. The van der Waals surface area contributed by atoms with Crippen molar-refractivity contribution in [1.82, 2.24) is 0 Å². The summed E-state index contributed by atoms with van der Waals surface area (Å²) in [6, 6.07) is 15.7. The largest absolute Gasteiger partial charge is 0.357 e. The van der Waals surface area contributed by atoms with E-state index in [1.54, 1.807) is 0 Å². The minimum absolute atomic E-state index is 0.0746. The molecule has 0 aromatic heterocycles. The topological polar surface area (TPSA) is 32.3 Å². The van der Waals surface area contributed by atoms with Crippen molar-refractivity contribution in [2.75, 3.05) is 10.2 Å². The predicted molar refractivity (Wildman–Crippen MR) is 70.7 cm³/mol. The van der Waals surface area contributed by atoms with Gasteiger partial charge >= 0.3 is 0 Å². The number of para-hydroxylation sites is 2. The van der Waals surface area contributed by atoms with E-state index in [1.807, 2.05) is 53.4 Å². The summed E-state index contributed by atoms with van der Waals surface area (Å²) in [6.07, 6.45) is 0. The van der Waals surface area contributed by atoms with E-state index in [9.17, 15) is 4.79 Å². The quantitative estimate of drug-likeness (QED) is 0.762. The molecule has 18 heavy (non-hydrogen) atoms. The first-order valence-electron chi connectivity index (χ1n) is 6.03. The summed E-state index contributed by atoms with van der Waals surface area (Å²) >= 11 is 0. The van der Waals surface area contributed by atoms with Gasteiger partial charge in [-0.2, -0.15) is 0 Å². The van der Waals surface area contributed by atoms with Crippen LogP contribution in [0.25, 0.3) is 0 Å². The first-order valence-corrected chi connectivity index (χ1v) is 6.03. The second-order valence-corrected chi connectivity index (χ2v) is 4.90. The molecule has 2 heterocycles. The lowest BCUT2D eigenvalue weighted by molar-refractivity contribution is 0.0986. The number of carbonyl (C=O) groups is 1. The third kappa shape index (κ3) is 0.933. The van der Waals surface area contributed by atoms with E-state index >= 15 is 0 Å². The van der Waals surface area contributed by atoms with Gasteiger partial charge < -0.3 is 5.32 Å². The van der Waals surface area contributed by atoms with Gasteiger partial charge in [-0.3, -0.25) is 9.69 Å². The highest BCUT2D eigenvalue weighted by atomic mass is 16.2. The smallest absolute Gasteiger partial charge is 0.260 e. The predicted octanol–water partition coefficient (Wildman–Crippen LogP) is 2.95. The van der Waals surface area contributed by atoms with E-state index in [-0.39, 0.29) is 5.91 Å². The van der Waals surface area contributed by atoms with Crippen molar-refractivity contribution in [3.63, 3.8) is 0 Å². The molecule has 1 atom stereocenters. The fraction of sp³-hybridized carbons (Fsp3) is 0.133. The Kier molecular flexibility index (Phi) is 1.58. The van der Waals surface area contributed by atoms with Crippen molar-refractivity contribution in [2.24, 2.45) is 0 Å². The van der Waals surface area contributed by atoms with Crippen molar-refractivity contribution in [3.8, 4) is 0 Å². The summed E-state index contributed by atoms with van der Waals surface area (Å²) in [5.74, 6) is 0.0746. The Hall–Kier alpha value is -2.29. The second-order valence-electron chi connectivity index (χ2n) is 4.90. The molecular weight excluding hydrogens is 224 g/mol. The highest BCUT2D eigenvalue weighted by Crippen LogP contribution is 2.50. The number of nitrogens with zero attached hydrogens (tertiary/aromatic N) is 1. The number of anilines is 2. The van der Waals surface area contributed by atoms with Crippen LogP contribution in [0, 0.1) is 0 Å². The Morgan fingerprint density at radius 3 is 2.67 bits per heavy atom. The van der Waals surface area contributed by atoms with Gasteiger partial charge in [0.25, 0.3) is 5.91 Å². The minimum atomic E-state index is -0.447.